The predicted molar refractivity (Wildman–Crippen MR) is 74.5 cm³/mol. The van der Waals surface area contributed by atoms with Gasteiger partial charge < -0.3 is 19.6 Å². The van der Waals surface area contributed by atoms with Crippen LogP contribution < -0.4 is 5.32 Å². The van der Waals surface area contributed by atoms with Crippen molar-refractivity contribution in [3.63, 3.8) is 0 Å². The molecule has 20 heavy (non-hydrogen) atoms. The number of esters is 1. The van der Waals surface area contributed by atoms with Gasteiger partial charge in [0, 0.05) is 18.9 Å². The molecule has 0 heterocycles. The summed E-state index contributed by atoms with van der Waals surface area (Å²) in [7, 11) is 1.17. The van der Waals surface area contributed by atoms with E-state index in [4.69, 9.17) is 4.74 Å². The molecule has 0 aliphatic heterocycles. The van der Waals surface area contributed by atoms with Gasteiger partial charge in [0.2, 0.25) is 0 Å². The Morgan fingerprint density at radius 3 is 2.45 bits per heavy atom. The Hall–Kier alpha value is -1.95. The smallest absolute Gasteiger partial charge is 0.340 e. The molecule has 0 saturated heterocycles. The number of carbonyl (C=O) groups excluding carboxylic acids is 2. The number of nitrogens with one attached hydrogen (secondary N) is 1. The van der Waals surface area contributed by atoms with Crippen LogP contribution in [0.5, 0.6) is 0 Å². The van der Waals surface area contributed by atoms with Gasteiger partial charge in [0.05, 0.1) is 19.2 Å². The molecule has 0 aliphatic rings. The molecule has 1 N–H and O–H groups in total. The zero-order valence-electron chi connectivity index (χ0n) is 11.9. The first-order valence-corrected chi connectivity index (χ1v) is 6.23. The summed E-state index contributed by atoms with van der Waals surface area (Å²) in [5, 5.41) is 2.70. The van der Waals surface area contributed by atoms with E-state index in [0.717, 1.165) is 19.3 Å². The first-order chi connectivity index (χ1) is 9.60. The van der Waals surface area contributed by atoms with Gasteiger partial charge in [-0.05, 0) is 32.0 Å². The van der Waals surface area contributed by atoms with E-state index in [1.54, 1.807) is 0 Å². The molecular formula is C14H20FNO4. The van der Waals surface area contributed by atoms with Gasteiger partial charge in [-0.25, -0.2) is 9.18 Å². The second kappa shape index (κ2) is 10.9. The molecule has 0 unspecified atom stereocenters. The zero-order valence-corrected chi connectivity index (χ0v) is 11.9. The largest absolute Gasteiger partial charge is 0.465 e. The fourth-order valence-electron chi connectivity index (χ4n) is 1.27. The van der Waals surface area contributed by atoms with Crippen LogP contribution in [0.3, 0.4) is 0 Å². The van der Waals surface area contributed by atoms with Crippen molar-refractivity contribution in [2.45, 2.75) is 13.8 Å². The minimum absolute atomic E-state index is 0.103. The summed E-state index contributed by atoms with van der Waals surface area (Å²) < 4.78 is 22.4. The van der Waals surface area contributed by atoms with Gasteiger partial charge in [-0.3, -0.25) is 0 Å². The van der Waals surface area contributed by atoms with E-state index in [1.165, 1.54) is 19.2 Å². The maximum absolute atomic E-state index is 13.1. The number of halogens is 1. The van der Waals surface area contributed by atoms with Gasteiger partial charge in [-0.1, -0.05) is 0 Å². The van der Waals surface area contributed by atoms with Crippen molar-refractivity contribution in [2.75, 3.05) is 32.2 Å². The van der Waals surface area contributed by atoms with Crippen LogP contribution in [0.4, 0.5) is 10.1 Å². The van der Waals surface area contributed by atoms with Crippen LogP contribution in [0.1, 0.15) is 24.2 Å². The van der Waals surface area contributed by atoms with Gasteiger partial charge in [0.25, 0.3) is 0 Å². The summed E-state index contributed by atoms with van der Waals surface area (Å²) in [5.74, 6) is -1.40. The summed E-state index contributed by atoms with van der Waals surface area (Å²) >= 11 is 0. The van der Waals surface area contributed by atoms with E-state index in [9.17, 15) is 14.0 Å². The van der Waals surface area contributed by atoms with Gasteiger partial charge in [-0.2, -0.15) is 0 Å². The van der Waals surface area contributed by atoms with E-state index >= 15 is 0 Å². The van der Waals surface area contributed by atoms with Crippen LogP contribution in [0, 0.1) is 5.82 Å². The summed E-state index contributed by atoms with van der Waals surface area (Å²) in [6.45, 7) is 5.77. The zero-order chi connectivity index (χ0) is 15.4. The fourth-order valence-corrected chi connectivity index (χ4v) is 1.27. The number of methoxy groups -OCH3 is 1. The lowest BCUT2D eigenvalue weighted by atomic mass is 10.2. The molecule has 0 atom stereocenters. The van der Waals surface area contributed by atoms with Crippen LogP contribution in [-0.4, -0.2) is 39.1 Å². The second-order valence-electron chi connectivity index (χ2n) is 3.52. The van der Waals surface area contributed by atoms with Crippen LogP contribution in [-0.2, 0) is 14.3 Å². The summed E-state index contributed by atoms with van der Waals surface area (Å²) in [5.41, 5.74) is 0.331. The lowest BCUT2D eigenvalue weighted by molar-refractivity contribution is -0.106. The van der Waals surface area contributed by atoms with Gasteiger partial charge in [0.15, 0.2) is 0 Å². The second-order valence-corrected chi connectivity index (χ2v) is 3.52. The normalized spacial score (nSPS) is 9.20. The number of carbonyl (C=O) groups is 2. The highest BCUT2D eigenvalue weighted by Crippen LogP contribution is 2.15. The van der Waals surface area contributed by atoms with E-state index in [2.05, 4.69) is 10.1 Å². The van der Waals surface area contributed by atoms with Crippen molar-refractivity contribution in [1.82, 2.24) is 0 Å². The average Bonchev–Trinajstić information content (AvgIpc) is 2.47. The topological polar surface area (TPSA) is 64.6 Å². The molecule has 0 amide bonds. The highest BCUT2D eigenvalue weighted by Gasteiger charge is 2.12. The molecule has 0 aromatic heterocycles. The predicted octanol–water partition coefficient (Wildman–Crippen LogP) is 2.27. The van der Waals surface area contributed by atoms with Crippen molar-refractivity contribution >= 4 is 17.9 Å². The summed E-state index contributed by atoms with van der Waals surface area (Å²) in [6, 6.07) is 3.87. The van der Waals surface area contributed by atoms with Crippen LogP contribution >= 0.6 is 0 Å². The van der Waals surface area contributed by atoms with E-state index < -0.39 is 11.8 Å². The molecule has 0 saturated carbocycles. The SMILES string of the molecule is CCOCC.COC(=O)c1cc(NCC=O)ccc1F. The number of anilines is 1. The Balaban J connectivity index is 0.000000621. The Bertz CT molecular complexity index is 422. The lowest BCUT2D eigenvalue weighted by Crippen LogP contribution is -2.07. The number of rotatable bonds is 6. The molecule has 0 spiro atoms. The number of hydrogen-bond acceptors (Lipinski definition) is 5. The molecule has 112 valence electrons. The molecule has 0 bridgehead atoms. The maximum Gasteiger partial charge on any atom is 0.340 e. The maximum atomic E-state index is 13.1. The van der Waals surface area contributed by atoms with Crippen molar-refractivity contribution in [3.8, 4) is 0 Å². The highest BCUT2D eigenvalue weighted by atomic mass is 19.1. The number of ether oxygens (including phenoxy) is 2. The first kappa shape index (κ1) is 18.0. The molecule has 0 radical (unpaired) electrons. The fraction of sp³-hybridized carbons (Fsp3) is 0.429. The Kier molecular flexibility index (Phi) is 9.86. The van der Waals surface area contributed by atoms with E-state index in [1.807, 2.05) is 13.8 Å². The Morgan fingerprint density at radius 1 is 1.35 bits per heavy atom. The standard InChI is InChI=1S/C10H10FNO3.C4H10O/c1-15-10(14)8-6-7(12-4-5-13)2-3-9(8)11;1-3-5-4-2/h2-3,5-6,12H,4H2,1H3;3-4H2,1-2H3. The molecule has 5 nitrogen and oxygen atoms in total. The quantitative estimate of drug-likeness (QED) is 0.641. The lowest BCUT2D eigenvalue weighted by Gasteiger charge is -2.05. The minimum Gasteiger partial charge on any atom is -0.465 e. The summed E-state index contributed by atoms with van der Waals surface area (Å²) in [6.07, 6.45) is 0.668. The monoisotopic (exact) mass is 285 g/mol. The number of benzene rings is 1. The third-order valence-corrected chi connectivity index (χ3v) is 2.17. The van der Waals surface area contributed by atoms with Crippen LogP contribution in [0.25, 0.3) is 0 Å². The third-order valence-electron chi connectivity index (χ3n) is 2.17. The van der Waals surface area contributed by atoms with Crippen molar-refractivity contribution in [3.05, 3.63) is 29.6 Å². The molecule has 1 rings (SSSR count). The first-order valence-electron chi connectivity index (χ1n) is 6.23. The van der Waals surface area contributed by atoms with Crippen molar-refractivity contribution in [1.29, 1.82) is 0 Å². The molecular weight excluding hydrogens is 265 g/mol. The van der Waals surface area contributed by atoms with E-state index in [-0.39, 0.29) is 12.1 Å². The van der Waals surface area contributed by atoms with Crippen molar-refractivity contribution in [2.24, 2.45) is 0 Å². The average molecular weight is 285 g/mol. The molecule has 0 fully saturated rings. The van der Waals surface area contributed by atoms with E-state index in [0.29, 0.717) is 12.0 Å². The molecule has 0 aliphatic carbocycles. The molecule has 6 heteroatoms. The number of hydrogen-bond donors (Lipinski definition) is 1. The van der Waals surface area contributed by atoms with Gasteiger partial charge >= 0.3 is 5.97 Å². The molecule has 1 aromatic carbocycles. The minimum atomic E-state index is -0.748. The number of aldehydes is 1. The Morgan fingerprint density at radius 2 is 2.00 bits per heavy atom. The highest BCUT2D eigenvalue weighted by molar-refractivity contribution is 5.90. The van der Waals surface area contributed by atoms with Crippen LogP contribution in [0.2, 0.25) is 0 Å². The molecule has 1 aromatic rings. The third kappa shape index (κ3) is 6.84. The van der Waals surface area contributed by atoms with Gasteiger partial charge in [0.1, 0.15) is 12.1 Å². The van der Waals surface area contributed by atoms with Crippen LogP contribution in [0.15, 0.2) is 18.2 Å². The van der Waals surface area contributed by atoms with Crippen molar-refractivity contribution < 1.29 is 23.5 Å². The summed E-state index contributed by atoms with van der Waals surface area (Å²) in [4.78, 5) is 21.2. The Labute approximate surface area is 118 Å². The van der Waals surface area contributed by atoms with Gasteiger partial charge in [-0.15, -0.1) is 0 Å².